The van der Waals surface area contributed by atoms with E-state index in [1.165, 1.54) is 9.21 Å². The summed E-state index contributed by atoms with van der Waals surface area (Å²) >= 11 is 0. The molecule has 148 valence electrons. The molecule has 0 aromatic carbocycles. The number of nitrogens with zero attached hydrogens (tertiary/aromatic N) is 4. The highest BCUT2D eigenvalue weighted by Crippen LogP contribution is 2.29. The highest BCUT2D eigenvalue weighted by Gasteiger charge is 2.26. The first-order valence-corrected chi connectivity index (χ1v) is 11.0. The van der Waals surface area contributed by atoms with Gasteiger partial charge in [-0.05, 0) is 48.9 Å². The summed E-state index contributed by atoms with van der Waals surface area (Å²) in [6, 6.07) is 3.47. The predicted molar refractivity (Wildman–Crippen MR) is 106 cm³/mol. The number of nitrogens with two attached hydrogens (primary N) is 1. The molecule has 1 saturated heterocycles. The molecule has 4 rings (SSSR count). The van der Waals surface area contributed by atoms with Gasteiger partial charge in [-0.15, -0.1) is 0 Å². The van der Waals surface area contributed by atoms with E-state index in [1.807, 2.05) is 12.1 Å². The Morgan fingerprint density at radius 1 is 1.07 bits per heavy atom. The summed E-state index contributed by atoms with van der Waals surface area (Å²) in [4.78, 5) is 21.9. The Kier molecular flexibility index (Phi) is 5.03. The van der Waals surface area contributed by atoms with E-state index in [0.29, 0.717) is 25.5 Å². The first-order chi connectivity index (χ1) is 13.4. The molecule has 0 atom stereocenters. The van der Waals surface area contributed by atoms with Gasteiger partial charge in [-0.25, -0.2) is 18.2 Å². The molecule has 0 aliphatic carbocycles. The monoisotopic (exact) mass is 401 g/mol. The van der Waals surface area contributed by atoms with E-state index in [1.54, 1.807) is 18.6 Å². The Bertz CT molecular complexity index is 1010. The van der Waals surface area contributed by atoms with Crippen LogP contribution in [0.1, 0.15) is 30.4 Å². The van der Waals surface area contributed by atoms with Gasteiger partial charge in [-0.2, -0.15) is 4.31 Å². The van der Waals surface area contributed by atoms with Crippen molar-refractivity contribution in [3.63, 3.8) is 0 Å². The molecule has 0 saturated carbocycles. The number of aromatic nitrogens is 2. The molecule has 0 spiro atoms. The largest absolute Gasteiger partial charge is 0.351 e. The number of hydrogen-bond acceptors (Lipinski definition) is 5. The Hall–Kier alpha value is -2.52. The Morgan fingerprint density at radius 3 is 2.68 bits per heavy atom. The van der Waals surface area contributed by atoms with Crippen LogP contribution in [0.3, 0.4) is 0 Å². The molecule has 2 aromatic heterocycles. The second kappa shape index (κ2) is 7.48. The number of aryl methyl sites for hydroxylation is 1. The van der Waals surface area contributed by atoms with E-state index in [0.717, 1.165) is 47.9 Å². The fraction of sp³-hybridized carbons (Fsp3) is 0.421. The summed E-state index contributed by atoms with van der Waals surface area (Å²) in [5.74, 6) is 0.830. The lowest BCUT2D eigenvalue weighted by atomic mass is 10.0. The highest BCUT2D eigenvalue weighted by molar-refractivity contribution is 7.89. The third-order valence-electron chi connectivity index (χ3n) is 5.23. The van der Waals surface area contributed by atoms with Gasteiger partial charge in [0.2, 0.25) is 10.0 Å². The maximum absolute atomic E-state index is 12.2. The highest BCUT2D eigenvalue weighted by atomic mass is 32.2. The first-order valence-electron chi connectivity index (χ1n) is 9.42. The molecule has 2 amide bonds. The van der Waals surface area contributed by atoms with Crippen molar-refractivity contribution >= 4 is 21.9 Å². The SMILES string of the molecule is NC(=O)N1CCCc2cc(-c3cncc(CN4CCCCS4(=O)=O)c3)cnc21. The van der Waals surface area contributed by atoms with Crippen LogP contribution in [0.15, 0.2) is 30.7 Å². The van der Waals surface area contributed by atoms with Gasteiger partial charge in [-0.3, -0.25) is 9.88 Å². The van der Waals surface area contributed by atoms with Gasteiger partial charge in [0.15, 0.2) is 0 Å². The van der Waals surface area contributed by atoms with E-state index in [-0.39, 0.29) is 5.75 Å². The van der Waals surface area contributed by atoms with E-state index in [4.69, 9.17) is 5.73 Å². The lowest BCUT2D eigenvalue weighted by molar-refractivity contribution is 0.253. The average Bonchev–Trinajstić information content (AvgIpc) is 2.69. The third kappa shape index (κ3) is 3.72. The van der Waals surface area contributed by atoms with Crippen LogP contribution in [0.25, 0.3) is 11.1 Å². The average molecular weight is 401 g/mol. The topological polar surface area (TPSA) is 109 Å². The number of primary amides is 1. The van der Waals surface area contributed by atoms with Gasteiger partial charge >= 0.3 is 6.03 Å². The quantitative estimate of drug-likeness (QED) is 0.845. The van der Waals surface area contributed by atoms with Crippen molar-refractivity contribution in [2.45, 2.75) is 32.2 Å². The van der Waals surface area contributed by atoms with Crippen LogP contribution in [0.4, 0.5) is 10.6 Å². The lowest BCUT2D eigenvalue weighted by Gasteiger charge is -2.27. The van der Waals surface area contributed by atoms with E-state index >= 15 is 0 Å². The lowest BCUT2D eigenvalue weighted by Crippen LogP contribution is -2.40. The number of carbonyl (C=O) groups excluding carboxylic acids is 1. The molecule has 1 fully saturated rings. The molecule has 0 radical (unpaired) electrons. The number of sulfonamides is 1. The van der Waals surface area contributed by atoms with Crippen molar-refractivity contribution in [1.82, 2.24) is 14.3 Å². The fourth-order valence-corrected chi connectivity index (χ4v) is 5.37. The van der Waals surface area contributed by atoms with Crippen LogP contribution in [-0.2, 0) is 23.0 Å². The molecule has 28 heavy (non-hydrogen) atoms. The number of anilines is 1. The summed E-state index contributed by atoms with van der Waals surface area (Å²) in [7, 11) is -3.18. The summed E-state index contributed by atoms with van der Waals surface area (Å²) in [6.45, 7) is 1.46. The molecule has 2 N–H and O–H groups in total. The Morgan fingerprint density at radius 2 is 1.89 bits per heavy atom. The molecule has 2 aliphatic rings. The van der Waals surface area contributed by atoms with Crippen LogP contribution >= 0.6 is 0 Å². The van der Waals surface area contributed by atoms with Crippen molar-refractivity contribution in [3.8, 4) is 11.1 Å². The van der Waals surface area contributed by atoms with Gasteiger partial charge in [0, 0.05) is 49.4 Å². The molecule has 2 aliphatic heterocycles. The third-order valence-corrected chi connectivity index (χ3v) is 7.14. The molecular formula is C19H23N5O3S. The predicted octanol–water partition coefficient (Wildman–Crippen LogP) is 1.90. The van der Waals surface area contributed by atoms with Gasteiger partial charge < -0.3 is 5.73 Å². The maximum Gasteiger partial charge on any atom is 0.320 e. The fourth-order valence-electron chi connectivity index (χ4n) is 3.79. The Balaban J connectivity index is 1.60. The zero-order valence-electron chi connectivity index (χ0n) is 15.5. The number of fused-ring (bicyclic) bond motifs is 1. The van der Waals surface area contributed by atoms with Gasteiger partial charge in [0.05, 0.1) is 5.75 Å². The zero-order valence-corrected chi connectivity index (χ0v) is 16.4. The number of rotatable bonds is 3. The van der Waals surface area contributed by atoms with Gasteiger partial charge in [0.25, 0.3) is 0 Å². The van der Waals surface area contributed by atoms with Crippen LogP contribution in [0.2, 0.25) is 0 Å². The molecule has 8 nitrogen and oxygen atoms in total. The molecule has 9 heteroatoms. The first kappa shape index (κ1) is 18.8. The number of amides is 2. The van der Waals surface area contributed by atoms with Crippen LogP contribution in [0.5, 0.6) is 0 Å². The van der Waals surface area contributed by atoms with E-state index in [9.17, 15) is 13.2 Å². The van der Waals surface area contributed by atoms with Crippen LogP contribution in [0, 0.1) is 0 Å². The minimum atomic E-state index is -3.18. The van der Waals surface area contributed by atoms with Gasteiger partial charge in [0.1, 0.15) is 5.82 Å². The molecule has 4 heterocycles. The number of urea groups is 1. The van der Waals surface area contributed by atoms with Crippen LogP contribution in [-0.4, -0.2) is 47.6 Å². The Labute approximate surface area is 164 Å². The van der Waals surface area contributed by atoms with Gasteiger partial charge in [-0.1, -0.05) is 0 Å². The minimum Gasteiger partial charge on any atom is -0.351 e. The second-order valence-electron chi connectivity index (χ2n) is 7.24. The number of hydrogen-bond donors (Lipinski definition) is 1. The molecule has 0 unspecified atom stereocenters. The van der Waals surface area contributed by atoms with Crippen molar-refractivity contribution in [2.75, 3.05) is 23.7 Å². The molecular weight excluding hydrogens is 378 g/mol. The summed E-state index contributed by atoms with van der Waals surface area (Å²) in [5, 5.41) is 0. The number of pyridine rings is 2. The smallest absolute Gasteiger partial charge is 0.320 e. The number of carbonyl (C=O) groups is 1. The normalized spacial score (nSPS) is 19.2. The minimum absolute atomic E-state index is 0.214. The summed E-state index contributed by atoms with van der Waals surface area (Å²) < 4.78 is 26.0. The van der Waals surface area contributed by atoms with Crippen LogP contribution < -0.4 is 10.6 Å². The summed E-state index contributed by atoms with van der Waals surface area (Å²) in [6.07, 6.45) is 8.43. The molecule has 0 bridgehead atoms. The molecule has 2 aromatic rings. The zero-order chi connectivity index (χ0) is 19.7. The summed E-state index contributed by atoms with van der Waals surface area (Å²) in [5.41, 5.74) is 9.03. The van der Waals surface area contributed by atoms with E-state index in [2.05, 4.69) is 9.97 Å². The van der Waals surface area contributed by atoms with Crippen molar-refractivity contribution in [2.24, 2.45) is 5.73 Å². The van der Waals surface area contributed by atoms with Crippen molar-refractivity contribution in [3.05, 3.63) is 41.9 Å². The maximum atomic E-state index is 12.2. The standard InChI is InChI=1S/C19H23N5O3S/c20-19(25)24-6-3-4-15-9-17(12-22-18(15)24)16-8-14(10-21-11-16)13-23-5-1-2-7-28(23,26)27/h8-12H,1-7,13H2,(H2,20,25). The van der Waals surface area contributed by atoms with Crippen molar-refractivity contribution < 1.29 is 13.2 Å². The second-order valence-corrected chi connectivity index (χ2v) is 9.33. The van der Waals surface area contributed by atoms with E-state index < -0.39 is 16.1 Å². The van der Waals surface area contributed by atoms with Crippen molar-refractivity contribution in [1.29, 1.82) is 0 Å².